The maximum Gasteiger partial charge on any atom is 0.260 e. The minimum Gasteiger partial charge on any atom is -0.493 e. The van der Waals surface area contributed by atoms with Gasteiger partial charge in [0.05, 0.1) is 6.61 Å². The maximum atomic E-state index is 11.9. The monoisotopic (exact) mass is 263 g/mol. The molecule has 1 aliphatic rings. The van der Waals surface area contributed by atoms with Crippen LogP contribution in [0.15, 0.2) is 18.2 Å². The lowest BCUT2D eigenvalue weighted by atomic mass is 10.1. The van der Waals surface area contributed by atoms with Gasteiger partial charge in [-0.15, -0.1) is 0 Å². The molecular formula is C15H21NO3. The first-order valence-electron chi connectivity index (χ1n) is 6.91. The summed E-state index contributed by atoms with van der Waals surface area (Å²) in [7, 11) is 0. The van der Waals surface area contributed by atoms with Crippen LogP contribution >= 0.6 is 0 Å². The minimum atomic E-state index is 0.0272. The average molecular weight is 263 g/mol. The van der Waals surface area contributed by atoms with E-state index >= 15 is 0 Å². The second-order valence-corrected chi connectivity index (χ2v) is 4.54. The Hall–Kier alpha value is -1.71. The van der Waals surface area contributed by atoms with Crippen LogP contribution in [-0.2, 0) is 11.2 Å². The van der Waals surface area contributed by atoms with Gasteiger partial charge in [-0.25, -0.2) is 0 Å². The largest absolute Gasteiger partial charge is 0.493 e. The zero-order valence-electron chi connectivity index (χ0n) is 11.6. The van der Waals surface area contributed by atoms with Crippen LogP contribution in [0, 0.1) is 0 Å². The van der Waals surface area contributed by atoms with Crippen molar-refractivity contribution in [1.82, 2.24) is 4.90 Å². The Labute approximate surface area is 114 Å². The summed E-state index contributed by atoms with van der Waals surface area (Å²) in [4.78, 5) is 13.7. The molecule has 0 N–H and O–H groups in total. The van der Waals surface area contributed by atoms with Crippen molar-refractivity contribution in [1.29, 1.82) is 0 Å². The van der Waals surface area contributed by atoms with Crippen molar-refractivity contribution in [2.24, 2.45) is 0 Å². The summed E-state index contributed by atoms with van der Waals surface area (Å²) in [5.74, 6) is 1.69. The molecule has 104 valence electrons. The summed E-state index contributed by atoms with van der Waals surface area (Å²) in [5.41, 5.74) is 1.08. The van der Waals surface area contributed by atoms with E-state index in [0.29, 0.717) is 13.1 Å². The number of hydrogen-bond donors (Lipinski definition) is 0. The highest BCUT2D eigenvalue weighted by Gasteiger charge is 2.16. The molecule has 1 aromatic carbocycles. The number of carbonyl (C=O) groups excluding carboxylic acids is 1. The molecule has 0 bridgehead atoms. The molecule has 4 nitrogen and oxygen atoms in total. The lowest BCUT2D eigenvalue weighted by Crippen LogP contribution is -2.34. The molecule has 0 radical (unpaired) electrons. The summed E-state index contributed by atoms with van der Waals surface area (Å²) in [5, 5.41) is 0. The van der Waals surface area contributed by atoms with E-state index in [0.717, 1.165) is 36.5 Å². The van der Waals surface area contributed by atoms with Crippen LogP contribution in [0.25, 0.3) is 0 Å². The van der Waals surface area contributed by atoms with Crippen LogP contribution in [0.1, 0.15) is 25.8 Å². The quantitative estimate of drug-likeness (QED) is 0.818. The minimum absolute atomic E-state index is 0.0272. The number of nitrogens with zero attached hydrogens (tertiary/aromatic N) is 1. The van der Waals surface area contributed by atoms with Crippen molar-refractivity contribution < 1.29 is 14.3 Å². The molecule has 1 amide bonds. The summed E-state index contributed by atoms with van der Waals surface area (Å²) in [6, 6.07) is 5.76. The van der Waals surface area contributed by atoms with E-state index in [2.05, 4.69) is 0 Å². The third kappa shape index (κ3) is 3.19. The topological polar surface area (TPSA) is 38.8 Å². The smallest absolute Gasteiger partial charge is 0.260 e. The summed E-state index contributed by atoms with van der Waals surface area (Å²) in [6.45, 7) is 6.23. The molecule has 0 spiro atoms. The molecule has 0 aliphatic carbocycles. The molecule has 0 unspecified atom stereocenters. The number of amides is 1. The Bertz CT molecular complexity index is 441. The lowest BCUT2D eigenvalue weighted by Gasteiger charge is -2.22. The van der Waals surface area contributed by atoms with Gasteiger partial charge in [-0.2, -0.15) is 0 Å². The number of carbonyl (C=O) groups is 1. The van der Waals surface area contributed by atoms with Crippen LogP contribution < -0.4 is 9.47 Å². The molecule has 1 heterocycles. The molecule has 0 saturated heterocycles. The number of rotatable bonds is 5. The molecule has 0 saturated carbocycles. The van der Waals surface area contributed by atoms with Gasteiger partial charge in [0.1, 0.15) is 11.5 Å². The van der Waals surface area contributed by atoms with Gasteiger partial charge in [0.15, 0.2) is 6.61 Å². The fourth-order valence-corrected chi connectivity index (χ4v) is 2.30. The first-order chi connectivity index (χ1) is 9.26. The van der Waals surface area contributed by atoms with E-state index in [9.17, 15) is 4.79 Å². The van der Waals surface area contributed by atoms with Crippen molar-refractivity contribution >= 4 is 5.91 Å². The standard InChI is InChI=1S/C15H21NO3/c1-3-16(4-2)15(17)11-19-14-9-5-8-13-12(14)7-6-10-18-13/h5,8-9H,3-4,6-7,10-11H2,1-2H3. The van der Waals surface area contributed by atoms with E-state index in [1.54, 1.807) is 4.90 Å². The average Bonchev–Trinajstić information content (AvgIpc) is 2.46. The van der Waals surface area contributed by atoms with Crippen molar-refractivity contribution in [2.45, 2.75) is 26.7 Å². The van der Waals surface area contributed by atoms with Crippen LogP contribution in [0.3, 0.4) is 0 Å². The zero-order chi connectivity index (χ0) is 13.7. The zero-order valence-corrected chi connectivity index (χ0v) is 11.6. The lowest BCUT2D eigenvalue weighted by molar-refractivity contribution is -0.132. The van der Waals surface area contributed by atoms with E-state index in [4.69, 9.17) is 9.47 Å². The van der Waals surface area contributed by atoms with Gasteiger partial charge in [-0.3, -0.25) is 4.79 Å². The fraction of sp³-hybridized carbons (Fsp3) is 0.533. The second-order valence-electron chi connectivity index (χ2n) is 4.54. The molecule has 0 aromatic heterocycles. The Morgan fingerprint density at radius 3 is 2.89 bits per heavy atom. The molecule has 4 heteroatoms. The van der Waals surface area contributed by atoms with E-state index < -0.39 is 0 Å². The third-order valence-corrected chi connectivity index (χ3v) is 3.39. The van der Waals surface area contributed by atoms with Crippen molar-refractivity contribution in [2.75, 3.05) is 26.3 Å². The van der Waals surface area contributed by atoms with Gasteiger partial charge in [-0.1, -0.05) is 6.07 Å². The van der Waals surface area contributed by atoms with E-state index in [1.165, 1.54) is 0 Å². The van der Waals surface area contributed by atoms with Crippen molar-refractivity contribution in [3.8, 4) is 11.5 Å². The summed E-state index contributed by atoms with van der Waals surface area (Å²) in [6.07, 6.45) is 1.95. The molecule has 1 aliphatic heterocycles. The normalized spacial score (nSPS) is 13.4. The van der Waals surface area contributed by atoms with Crippen molar-refractivity contribution in [3.63, 3.8) is 0 Å². The third-order valence-electron chi connectivity index (χ3n) is 3.39. The summed E-state index contributed by atoms with van der Waals surface area (Å²) < 4.78 is 11.3. The molecular weight excluding hydrogens is 242 g/mol. The second kappa shape index (κ2) is 6.45. The van der Waals surface area contributed by atoms with Crippen LogP contribution in [0.4, 0.5) is 0 Å². The molecule has 2 rings (SSSR count). The number of likely N-dealkylation sites (N-methyl/N-ethyl adjacent to an activating group) is 1. The number of benzene rings is 1. The molecule has 0 fully saturated rings. The van der Waals surface area contributed by atoms with Crippen LogP contribution in [0.5, 0.6) is 11.5 Å². The van der Waals surface area contributed by atoms with Crippen molar-refractivity contribution in [3.05, 3.63) is 23.8 Å². The van der Waals surface area contributed by atoms with Gasteiger partial charge < -0.3 is 14.4 Å². The highest BCUT2D eigenvalue weighted by Crippen LogP contribution is 2.32. The molecule has 0 atom stereocenters. The van der Waals surface area contributed by atoms with Gasteiger partial charge >= 0.3 is 0 Å². The molecule has 19 heavy (non-hydrogen) atoms. The molecule has 1 aromatic rings. The van der Waals surface area contributed by atoms with Gasteiger partial charge in [0.2, 0.25) is 0 Å². The van der Waals surface area contributed by atoms with Gasteiger partial charge in [0, 0.05) is 18.7 Å². The predicted molar refractivity (Wildman–Crippen MR) is 73.7 cm³/mol. The Morgan fingerprint density at radius 1 is 1.37 bits per heavy atom. The first kappa shape index (κ1) is 13.7. The van der Waals surface area contributed by atoms with Gasteiger partial charge in [0.25, 0.3) is 5.91 Å². The maximum absolute atomic E-state index is 11.9. The Morgan fingerprint density at radius 2 is 2.16 bits per heavy atom. The highest BCUT2D eigenvalue weighted by atomic mass is 16.5. The number of ether oxygens (including phenoxy) is 2. The first-order valence-corrected chi connectivity index (χ1v) is 6.91. The SMILES string of the molecule is CCN(CC)C(=O)COc1cccc2c1CCCO2. The number of fused-ring (bicyclic) bond motifs is 1. The highest BCUT2D eigenvalue weighted by molar-refractivity contribution is 5.77. The van der Waals surface area contributed by atoms with E-state index in [-0.39, 0.29) is 12.5 Å². The van der Waals surface area contributed by atoms with Crippen LogP contribution in [-0.4, -0.2) is 37.1 Å². The summed E-state index contributed by atoms with van der Waals surface area (Å²) >= 11 is 0. The Balaban J connectivity index is 2.02. The van der Waals surface area contributed by atoms with Crippen LogP contribution in [0.2, 0.25) is 0 Å². The number of hydrogen-bond acceptors (Lipinski definition) is 3. The van der Waals surface area contributed by atoms with Gasteiger partial charge in [-0.05, 0) is 38.8 Å². The fourth-order valence-electron chi connectivity index (χ4n) is 2.30. The van der Waals surface area contributed by atoms with E-state index in [1.807, 2.05) is 32.0 Å². The predicted octanol–water partition coefficient (Wildman–Crippen LogP) is 2.26. The Kier molecular flexibility index (Phi) is 4.66.